The zero-order chi connectivity index (χ0) is 18.1. The van der Waals surface area contributed by atoms with Crippen LogP contribution in [0.4, 0.5) is 0 Å². The van der Waals surface area contributed by atoms with Crippen molar-refractivity contribution < 1.29 is 28.9 Å². The van der Waals surface area contributed by atoms with Gasteiger partial charge in [-0.05, 0) is 43.5 Å². The average molecular weight is 351 g/mol. The van der Waals surface area contributed by atoms with Gasteiger partial charge in [0.15, 0.2) is 0 Å². The summed E-state index contributed by atoms with van der Waals surface area (Å²) in [5.74, 6) is -0.0255. The number of carboxylic acids is 1. The lowest BCUT2D eigenvalue weighted by Crippen LogP contribution is -2.48. The van der Waals surface area contributed by atoms with Crippen LogP contribution in [0.25, 0.3) is 0 Å². The molecule has 0 radical (unpaired) electrons. The Kier molecular flexibility index (Phi) is 7.53. The van der Waals surface area contributed by atoms with Crippen molar-refractivity contribution in [2.24, 2.45) is 5.92 Å². The molecule has 1 saturated heterocycles. The lowest BCUT2D eigenvalue weighted by Gasteiger charge is -2.28. The number of ether oxygens (including phenoxy) is 3. The molecule has 0 saturated carbocycles. The number of aliphatic carboxylic acids is 1. The molecular weight excluding hydrogens is 326 g/mol. The zero-order valence-electron chi connectivity index (χ0n) is 14.4. The summed E-state index contributed by atoms with van der Waals surface area (Å²) >= 11 is 0. The number of amides is 1. The molecule has 2 unspecified atom stereocenters. The maximum Gasteiger partial charge on any atom is 0.326 e. The van der Waals surface area contributed by atoms with E-state index in [1.165, 1.54) is 0 Å². The normalized spacial score (nSPS) is 18.2. The summed E-state index contributed by atoms with van der Waals surface area (Å²) in [5, 5.41) is 11.9. The molecule has 1 aliphatic heterocycles. The number of benzene rings is 1. The van der Waals surface area contributed by atoms with Gasteiger partial charge in [0.1, 0.15) is 17.5 Å². The number of rotatable bonds is 9. The van der Waals surface area contributed by atoms with E-state index in [1.807, 2.05) is 0 Å². The van der Waals surface area contributed by atoms with Gasteiger partial charge >= 0.3 is 5.97 Å². The second-order valence-corrected chi connectivity index (χ2v) is 5.99. The van der Waals surface area contributed by atoms with Gasteiger partial charge in [0, 0.05) is 18.9 Å². The van der Waals surface area contributed by atoms with Crippen molar-refractivity contribution in [1.82, 2.24) is 5.32 Å². The van der Waals surface area contributed by atoms with E-state index in [2.05, 4.69) is 5.32 Å². The Labute approximate surface area is 147 Å². The van der Waals surface area contributed by atoms with Crippen LogP contribution in [0.15, 0.2) is 24.3 Å². The Bertz CT molecular complexity index is 553. The Morgan fingerprint density at radius 1 is 1.32 bits per heavy atom. The van der Waals surface area contributed by atoms with E-state index in [0.717, 1.165) is 18.6 Å². The maximum absolute atomic E-state index is 12.0. The first-order chi connectivity index (χ1) is 12.1. The second kappa shape index (κ2) is 9.88. The molecule has 0 spiro atoms. The summed E-state index contributed by atoms with van der Waals surface area (Å²) in [6.45, 7) is 1.40. The van der Waals surface area contributed by atoms with E-state index in [-0.39, 0.29) is 18.2 Å². The molecule has 1 aliphatic rings. The first-order valence-electron chi connectivity index (χ1n) is 8.47. The summed E-state index contributed by atoms with van der Waals surface area (Å²) in [5.41, 5.74) is 0. The van der Waals surface area contributed by atoms with Gasteiger partial charge in [-0.15, -0.1) is 0 Å². The van der Waals surface area contributed by atoms with Gasteiger partial charge in [-0.1, -0.05) is 0 Å². The van der Waals surface area contributed by atoms with Crippen LogP contribution in [0.1, 0.15) is 25.7 Å². The molecule has 2 rings (SSSR count). The lowest BCUT2D eigenvalue weighted by atomic mass is 9.93. The van der Waals surface area contributed by atoms with Crippen LogP contribution in [0.2, 0.25) is 0 Å². The van der Waals surface area contributed by atoms with Crippen molar-refractivity contribution in [1.29, 1.82) is 0 Å². The van der Waals surface area contributed by atoms with Crippen LogP contribution >= 0.6 is 0 Å². The Morgan fingerprint density at radius 2 is 2.04 bits per heavy atom. The van der Waals surface area contributed by atoms with Gasteiger partial charge in [-0.25, -0.2) is 4.79 Å². The highest BCUT2D eigenvalue weighted by molar-refractivity contribution is 5.83. The van der Waals surface area contributed by atoms with Crippen molar-refractivity contribution >= 4 is 11.9 Å². The monoisotopic (exact) mass is 351 g/mol. The van der Waals surface area contributed by atoms with E-state index in [4.69, 9.17) is 14.2 Å². The molecule has 1 aromatic rings. The fraction of sp³-hybridized carbons (Fsp3) is 0.556. The van der Waals surface area contributed by atoms with Gasteiger partial charge in [0.2, 0.25) is 5.91 Å². The van der Waals surface area contributed by atoms with E-state index >= 15 is 0 Å². The topological polar surface area (TPSA) is 94.1 Å². The number of methoxy groups -OCH3 is 1. The first-order valence-corrected chi connectivity index (χ1v) is 8.47. The van der Waals surface area contributed by atoms with Crippen LogP contribution in [0, 0.1) is 5.92 Å². The largest absolute Gasteiger partial charge is 0.497 e. The molecule has 25 heavy (non-hydrogen) atoms. The van der Waals surface area contributed by atoms with Gasteiger partial charge < -0.3 is 24.6 Å². The number of hydrogen-bond acceptors (Lipinski definition) is 5. The maximum atomic E-state index is 12.0. The van der Waals surface area contributed by atoms with Crippen molar-refractivity contribution in [2.75, 3.05) is 26.9 Å². The summed E-state index contributed by atoms with van der Waals surface area (Å²) in [6, 6.07) is 6.29. The Hall–Kier alpha value is -2.28. The number of hydrogen-bond donors (Lipinski definition) is 2. The fourth-order valence-corrected chi connectivity index (χ4v) is 2.75. The first kappa shape index (κ1) is 19.1. The number of nitrogens with one attached hydrogen (secondary N) is 1. The Balaban J connectivity index is 1.70. The van der Waals surface area contributed by atoms with Crippen molar-refractivity contribution in [3.63, 3.8) is 0 Å². The number of carbonyl (C=O) groups excluding carboxylic acids is 1. The minimum Gasteiger partial charge on any atom is -0.497 e. The lowest BCUT2D eigenvalue weighted by molar-refractivity contribution is -0.145. The predicted molar refractivity (Wildman–Crippen MR) is 90.8 cm³/mol. The van der Waals surface area contributed by atoms with Gasteiger partial charge in [0.05, 0.1) is 20.3 Å². The molecule has 0 bridgehead atoms. The van der Waals surface area contributed by atoms with Crippen molar-refractivity contribution in [3.8, 4) is 11.5 Å². The minimum atomic E-state index is -1.02. The third-order valence-corrected chi connectivity index (χ3v) is 4.13. The fourth-order valence-electron chi connectivity index (χ4n) is 2.75. The van der Waals surface area contributed by atoms with Crippen LogP contribution in [-0.2, 0) is 14.3 Å². The molecule has 1 aromatic carbocycles. The molecular formula is C18H25NO6. The average Bonchev–Trinajstić information content (AvgIpc) is 2.64. The van der Waals surface area contributed by atoms with Crippen molar-refractivity contribution in [2.45, 2.75) is 31.7 Å². The highest BCUT2D eigenvalue weighted by atomic mass is 16.5. The van der Waals surface area contributed by atoms with Gasteiger partial charge in [-0.3, -0.25) is 4.79 Å². The number of carbonyl (C=O) groups is 2. The molecule has 1 fully saturated rings. The molecule has 0 aromatic heterocycles. The number of carboxylic acid groups (broad SMARTS) is 1. The minimum absolute atomic E-state index is 0.175. The SMILES string of the molecule is COc1ccc(OCCCC(=O)NC(C(=O)O)C2CCCOC2)cc1. The van der Waals surface area contributed by atoms with Crippen LogP contribution < -0.4 is 14.8 Å². The van der Waals surface area contributed by atoms with Crippen LogP contribution in [0.5, 0.6) is 11.5 Å². The summed E-state index contributed by atoms with van der Waals surface area (Å²) in [4.78, 5) is 23.4. The van der Waals surface area contributed by atoms with Gasteiger partial charge in [0.25, 0.3) is 0 Å². The predicted octanol–water partition coefficient (Wildman–Crippen LogP) is 1.85. The standard InChI is InChI=1S/C18H25NO6/c1-23-14-6-8-15(9-7-14)25-11-3-5-16(20)19-17(18(21)22)13-4-2-10-24-12-13/h6-9,13,17H,2-5,10-12H2,1H3,(H,19,20)(H,21,22). The third kappa shape index (κ3) is 6.26. The quantitative estimate of drug-likeness (QED) is 0.660. The summed E-state index contributed by atoms with van der Waals surface area (Å²) in [6.07, 6.45) is 2.29. The molecule has 7 heteroatoms. The van der Waals surface area contributed by atoms with Crippen molar-refractivity contribution in [3.05, 3.63) is 24.3 Å². The van der Waals surface area contributed by atoms with E-state index in [0.29, 0.717) is 32.0 Å². The molecule has 1 heterocycles. The molecule has 138 valence electrons. The molecule has 7 nitrogen and oxygen atoms in total. The highest BCUT2D eigenvalue weighted by Crippen LogP contribution is 2.19. The molecule has 2 N–H and O–H groups in total. The summed E-state index contributed by atoms with van der Waals surface area (Å²) < 4.78 is 15.9. The molecule has 0 aliphatic carbocycles. The van der Waals surface area contributed by atoms with E-state index in [9.17, 15) is 14.7 Å². The second-order valence-electron chi connectivity index (χ2n) is 5.99. The van der Waals surface area contributed by atoms with E-state index < -0.39 is 12.0 Å². The Morgan fingerprint density at radius 3 is 2.64 bits per heavy atom. The van der Waals surface area contributed by atoms with Crippen LogP contribution in [-0.4, -0.2) is 50.0 Å². The third-order valence-electron chi connectivity index (χ3n) is 4.13. The summed E-state index contributed by atoms with van der Waals surface area (Å²) in [7, 11) is 1.60. The zero-order valence-corrected chi connectivity index (χ0v) is 14.4. The van der Waals surface area contributed by atoms with Crippen LogP contribution in [0.3, 0.4) is 0 Å². The smallest absolute Gasteiger partial charge is 0.326 e. The van der Waals surface area contributed by atoms with E-state index in [1.54, 1.807) is 31.4 Å². The molecule has 1 amide bonds. The van der Waals surface area contributed by atoms with Gasteiger partial charge in [-0.2, -0.15) is 0 Å². The highest BCUT2D eigenvalue weighted by Gasteiger charge is 2.31. The molecule has 2 atom stereocenters.